The molecule has 0 aliphatic heterocycles. The second-order valence-corrected chi connectivity index (χ2v) is 9.63. The summed E-state index contributed by atoms with van der Waals surface area (Å²) in [7, 11) is -4.54. The maximum Gasteiger partial charge on any atom is 0.524 e. The van der Waals surface area contributed by atoms with E-state index in [4.69, 9.17) is 4.52 Å². The highest BCUT2D eigenvalue weighted by molar-refractivity contribution is 7.46. The minimum Gasteiger partial charge on any atom is -0.404 e. The van der Waals surface area contributed by atoms with Crippen molar-refractivity contribution in [2.45, 2.75) is 91.9 Å². The molecule has 0 unspecified atom stereocenters. The predicted octanol–water partition coefficient (Wildman–Crippen LogP) is 6.68. The van der Waals surface area contributed by atoms with E-state index < -0.39 is 7.82 Å². The summed E-state index contributed by atoms with van der Waals surface area (Å²) in [6.07, 6.45) is 11.1. The zero-order valence-electron chi connectivity index (χ0n) is 17.6. The second kappa shape index (κ2) is 12.6. The first-order valence-electron chi connectivity index (χ1n) is 10.5. The Morgan fingerprint density at radius 3 is 1.93 bits per heavy atom. The molecular weight excluding hydrogens is 359 g/mol. The molecule has 0 radical (unpaired) electrons. The number of benzene rings is 1. The van der Waals surface area contributed by atoms with Gasteiger partial charge in [0.15, 0.2) is 0 Å². The van der Waals surface area contributed by atoms with E-state index >= 15 is 0 Å². The third-order valence-electron chi connectivity index (χ3n) is 4.88. The molecule has 0 bridgehead atoms. The first-order valence-corrected chi connectivity index (χ1v) is 12.1. The van der Waals surface area contributed by atoms with Crippen LogP contribution in [-0.2, 0) is 17.4 Å². The van der Waals surface area contributed by atoms with Gasteiger partial charge in [-0.05, 0) is 54.7 Å². The molecule has 0 aliphatic rings. The van der Waals surface area contributed by atoms with Crippen LogP contribution in [0.1, 0.15) is 90.2 Å². The molecule has 1 rings (SSSR count). The Morgan fingerprint density at radius 1 is 0.852 bits per heavy atom. The van der Waals surface area contributed by atoms with Gasteiger partial charge < -0.3 is 4.52 Å². The molecule has 0 aromatic heterocycles. The lowest BCUT2D eigenvalue weighted by Gasteiger charge is -2.16. The molecule has 1 aromatic rings. The zero-order chi connectivity index (χ0) is 20.3. The van der Waals surface area contributed by atoms with E-state index in [2.05, 4.69) is 33.8 Å². The molecule has 1 aromatic carbocycles. The van der Waals surface area contributed by atoms with Crippen molar-refractivity contribution in [2.75, 3.05) is 0 Å². The Hall–Kier alpha value is -0.830. The summed E-state index contributed by atoms with van der Waals surface area (Å²) in [6, 6.07) is 5.61. The van der Waals surface area contributed by atoms with Crippen molar-refractivity contribution in [1.82, 2.24) is 0 Å². The van der Waals surface area contributed by atoms with Crippen molar-refractivity contribution in [3.8, 4) is 5.75 Å². The molecular formula is C22H39O4P. The van der Waals surface area contributed by atoms with Crippen molar-refractivity contribution in [3.05, 3.63) is 29.3 Å². The maximum absolute atomic E-state index is 11.4. The minimum atomic E-state index is -4.54. The van der Waals surface area contributed by atoms with Crippen LogP contribution in [0.3, 0.4) is 0 Å². The summed E-state index contributed by atoms with van der Waals surface area (Å²) in [6.45, 7) is 8.97. The average Bonchev–Trinajstić information content (AvgIpc) is 2.54. The fourth-order valence-corrected chi connectivity index (χ4v) is 3.85. The Balaban J connectivity index is 2.71. The number of hydrogen-bond acceptors (Lipinski definition) is 2. The predicted molar refractivity (Wildman–Crippen MR) is 113 cm³/mol. The molecule has 0 atom stereocenters. The topological polar surface area (TPSA) is 66.8 Å². The van der Waals surface area contributed by atoms with E-state index in [0.717, 1.165) is 49.5 Å². The monoisotopic (exact) mass is 398 g/mol. The normalized spacial score (nSPS) is 12.1. The number of aryl methyl sites for hydroxylation is 1. The largest absolute Gasteiger partial charge is 0.524 e. The molecule has 2 N–H and O–H groups in total. The molecule has 27 heavy (non-hydrogen) atoms. The SMILES string of the molecule is CC(C)CCCCCc1cccc(OP(=O)(O)O)c1CCCCCC(C)C. The Kier molecular flexibility index (Phi) is 11.3. The summed E-state index contributed by atoms with van der Waals surface area (Å²) < 4.78 is 16.3. The maximum atomic E-state index is 11.4. The lowest BCUT2D eigenvalue weighted by molar-refractivity contribution is 0.282. The molecule has 0 amide bonds. The standard InChI is InChI=1S/C22H39O4P/c1-18(2)12-7-5-9-14-20-15-11-17-22(26-27(23,24)25)21(20)16-10-6-8-13-19(3)4/h11,15,17-19H,5-10,12-14,16H2,1-4H3,(H2,23,24,25). The first kappa shape index (κ1) is 24.2. The van der Waals surface area contributed by atoms with Gasteiger partial charge in [0.05, 0.1) is 0 Å². The number of phosphoric ester groups is 1. The van der Waals surface area contributed by atoms with E-state index in [0.29, 0.717) is 5.75 Å². The van der Waals surface area contributed by atoms with Gasteiger partial charge in [-0.3, -0.25) is 9.79 Å². The van der Waals surface area contributed by atoms with Crippen molar-refractivity contribution in [3.63, 3.8) is 0 Å². The Labute approximate surface area is 166 Å². The zero-order valence-corrected chi connectivity index (χ0v) is 18.5. The average molecular weight is 399 g/mol. The molecule has 0 aliphatic carbocycles. The third-order valence-corrected chi connectivity index (χ3v) is 5.32. The molecule has 0 saturated carbocycles. The summed E-state index contributed by atoms with van der Waals surface area (Å²) in [5.74, 6) is 1.81. The van der Waals surface area contributed by atoms with Crippen LogP contribution in [0.4, 0.5) is 0 Å². The fourth-order valence-electron chi connectivity index (χ4n) is 3.42. The molecule has 0 heterocycles. The van der Waals surface area contributed by atoms with E-state index in [-0.39, 0.29) is 0 Å². The van der Waals surface area contributed by atoms with Crippen molar-refractivity contribution < 1.29 is 18.9 Å². The molecule has 5 heteroatoms. The van der Waals surface area contributed by atoms with Crippen LogP contribution in [0.25, 0.3) is 0 Å². The lowest BCUT2D eigenvalue weighted by atomic mass is 9.95. The third kappa shape index (κ3) is 11.6. The van der Waals surface area contributed by atoms with Gasteiger partial charge in [-0.15, -0.1) is 0 Å². The highest BCUT2D eigenvalue weighted by atomic mass is 31.2. The quantitative estimate of drug-likeness (QED) is 0.271. The van der Waals surface area contributed by atoms with Crippen LogP contribution < -0.4 is 4.52 Å². The Bertz CT molecular complexity index is 578. The molecule has 4 nitrogen and oxygen atoms in total. The first-order chi connectivity index (χ1) is 12.7. The van der Waals surface area contributed by atoms with E-state index in [1.165, 1.54) is 37.7 Å². The number of rotatable bonds is 14. The minimum absolute atomic E-state index is 0.354. The van der Waals surface area contributed by atoms with Gasteiger partial charge in [-0.25, -0.2) is 4.57 Å². The van der Waals surface area contributed by atoms with E-state index in [1.807, 2.05) is 6.07 Å². The van der Waals surface area contributed by atoms with Crippen LogP contribution in [-0.4, -0.2) is 9.79 Å². The van der Waals surface area contributed by atoms with Crippen LogP contribution >= 0.6 is 7.82 Å². The molecule has 0 spiro atoms. The Morgan fingerprint density at radius 2 is 1.41 bits per heavy atom. The highest BCUT2D eigenvalue weighted by Crippen LogP contribution is 2.40. The van der Waals surface area contributed by atoms with Gasteiger partial charge in [-0.2, -0.15) is 0 Å². The molecule has 156 valence electrons. The number of hydrogen-bond donors (Lipinski definition) is 2. The summed E-state index contributed by atoms with van der Waals surface area (Å²) in [5.41, 5.74) is 2.16. The molecule has 0 fully saturated rings. The van der Waals surface area contributed by atoms with Gasteiger partial charge in [0.25, 0.3) is 0 Å². The van der Waals surface area contributed by atoms with Gasteiger partial charge in [0, 0.05) is 0 Å². The lowest BCUT2D eigenvalue weighted by Crippen LogP contribution is -2.01. The van der Waals surface area contributed by atoms with E-state index in [9.17, 15) is 14.4 Å². The smallest absolute Gasteiger partial charge is 0.404 e. The van der Waals surface area contributed by atoms with Gasteiger partial charge in [-0.1, -0.05) is 78.4 Å². The summed E-state index contributed by atoms with van der Waals surface area (Å²) in [4.78, 5) is 18.5. The number of phosphoric acid groups is 1. The van der Waals surface area contributed by atoms with Crippen LogP contribution in [0.15, 0.2) is 18.2 Å². The van der Waals surface area contributed by atoms with Crippen LogP contribution in [0.2, 0.25) is 0 Å². The highest BCUT2D eigenvalue weighted by Gasteiger charge is 2.19. The summed E-state index contributed by atoms with van der Waals surface area (Å²) in [5, 5.41) is 0. The van der Waals surface area contributed by atoms with Crippen LogP contribution in [0, 0.1) is 11.8 Å². The van der Waals surface area contributed by atoms with Gasteiger partial charge in [0.1, 0.15) is 5.75 Å². The molecule has 0 saturated heterocycles. The van der Waals surface area contributed by atoms with Crippen molar-refractivity contribution in [1.29, 1.82) is 0 Å². The van der Waals surface area contributed by atoms with Gasteiger partial charge >= 0.3 is 7.82 Å². The fraction of sp³-hybridized carbons (Fsp3) is 0.727. The van der Waals surface area contributed by atoms with Crippen molar-refractivity contribution >= 4 is 7.82 Å². The van der Waals surface area contributed by atoms with Gasteiger partial charge in [0.2, 0.25) is 0 Å². The summed E-state index contributed by atoms with van der Waals surface area (Å²) >= 11 is 0. The van der Waals surface area contributed by atoms with Crippen LogP contribution in [0.5, 0.6) is 5.75 Å². The van der Waals surface area contributed by atoms with Crippen molar-refractivity contribution in [2.24, 2.45) is 11.8 Å². The second-order valence-electron chi connectivity index (χ2n) is 8.46. The number of unbranched alkanes of at least 4 members (excludes halogenated alkanes) is 4. The van der Waals surface area contributed by atoms with E-state index in [1.54, 1.807) is 6.07 Å².